The number of hydrogen-bond donors (Lipinski definition) is 2. The second kappa shape index (κ2) is 10.7. The van der Waals surface area contributed by atoms with Crippen molar-refractivity contribution in [3.05, 3.63) is 44.9 Å². The molecule has 0 unspecified atom stereocenters. The molecule has 1 saturated carbocycles. The van der Waals surface area contributed by atoms with Gasteiger partial charge in [-0.05, 0) is 38.3 Å². The SMILES string of the molecule is CCn1cc(-c2cc(C(F)F)nc3sc(C(N)=O)c(NC(=O)CCn4nc(C(F)(F)F)c(Cl)c4C4CC4)c23)c(C)n1. The van der Waals surface area contributed by atoms with Crippen molar-refractivity contribution in [3.8, 4) is 11.1 Å². The standard InChI is InChI=1S/C25H23ClF5N7O2S/c1-3-37-9-13(10(2)35-37)12-8-14(22(27)28)33-24-16(12)18(20(41-24)23(32)40)34-15(39)6-7-38-19(11-4-5-11)17(26)21(36-38)25(29,30)31/h8-9,11,22H,3-7H2,1-2H3,(H2,32,40)(H,34,39). The molecule has 0 aromatic carbocycles. The maximum Gasteiger partial charge on any atom is 0.436 e. The zero-order valence-electron chi connectivity index (χ0n) is 21.7. The number of pyridine rings is 1. The van der Waals surface area contributed by atoms with Crippen molar-refractivity contribution in [2.24, 2.45) is 5.73 Å². The minimum atomic E-state index is -4.76. The Labute approximate surface area is 238 Å². The smallest absolute Gasteiger partial charge is 0.365 e. The lowest BCUT2D eigenvalue weighted by atomic mass is 10.0. The molecule has 0 atom stereocenters. The van der Waals surface area contributed by atoms with E-state index in [9.17, 15) is 31.5 Å². The fraction of sp³-hybridized carbons (Fsp3) is 0.400. The number of carbonyl (C=O) groups is 2. The Balaban J connectivity index is 1.53. The van der Waals surface area contributed by atoms with Crippen LogP contribution in [0, 0.1) is 6.92 Å². The van der Waals surface area contributed by atoms with Crippen LogP contribution in [0.4, 0.5) is 27.6 Å². The molecule has 5 rings (SSSR count). The summed E-state index contributed by atoms with van der Waals surface area (Å²) in [7, 11) is 0. The van der Waals surface area contributed by atoms with Gasteiger partial charge in [-0.2, -0.15) is 23.4 Å². The highest BCUT2D eigenvalue weighted by atomic mass is 35.5. The Hall–Kier alpha value is -3.59. The molecule has 16 heteroatoms. The zero-order chi connectivity index (χ0) is 29.8. The molecule has 4 heterocycles. The number of aromatic nitrogens is 5. The van der Waals surface area contributed by atoms with Gasteiger partial charge in [0.15, 0.2) is 5.69 Å². The highest BCUT2D eigenvalue weighted by molar-refractivity contribution is 7.21. The van der Waals surface area contributed by atoms with Crippen LogP contribution in [0.15, 0.2) is 12.3 Å². The molecule has 0 radical (unpaired) electrons. The Kier molecular flexibility index (Phi) is 7.53. The van der Waals surface area contributed by atoms with Gasteiger partial charge in [0.2, 0.25) is 5.91 Å². The third kappa shape index (κ3) is 5.52. The number of thiophene rings is 1. The molecular weight excluding hydrogens is 593 g/mol. The molecule has 41 heavy (non-hydrogen) atoms. The fourth-order valence-electron chi connectivity index (χ4n) is 4.64. The molecule has 0 saturated heterocycles. The van der Waals surface area contributed by atoms with E-state index in [1.807, 2.05) is 6.92 Å². The van der Waals surface area contributed by atoms with Crippen molar-refractivity contribution in [1.29, 1.82) is 0 Å². The zero-order valence-corrected chi connectivity index (χ0v) is 23.2. The van der Waals surface area contributed by atoms with Crippen molar-refractivity contribution < 1.29 is 31.5 Å². The molecule has 4 aromatic heterocycles. The van der Waals surface area contributed by atoms with Crippen molar-refractivity contribution in [3.63, 3.8) is 0 Å². The Bertz CT molecular complexity index is 1670. The average Bonchev–Trinajstić information content (AvgIpc) is 3.42. The Morgan fingerprint density at radius 1 is 1.24 bits per heavy atom. The summed E-state index contributed by atoms with van der Waals surface area (Å²) in [4.78, 5) is 29.4. The van der Waals surface area contributed by atoms with Gasteiger partial charge in [0.1, 0.15) is 15.4 Å². The normalized spacial score (nSPS) is 13.9. The predicted octanol–water partition coefficient (Wildman–Crippen LogP) is 6.30. The number of hydrogen-bond acceptors (Lipinski definition) is 6. The number of carbonyl (C=O) groups excluding carboxylic acids is 2. The van der Waals surface area contributed by atoms with E-state index in [4.69, 9.17) is 17.3 Å². The summed E-state index contributed by atoms with van der Waals surface area (Å²) in [6, 6.07) is 1.18. The van der Waals surface area contributed by atoms with E-state index in [0.29, 0.717) is 30.6 Å². The molecule has 0 aliphatic heterocycles. The second-order valence-corrected chi connectivity index (χ2v) is 10.9. The summed E-state index contributed by atoms with van der Waals surface area (Å²) in [6.07, 6.45) is -5.03. The van der Waals surface area contributed by atoms with E-state index in [1.165, 1.54) is 6.07 Å². The number of rotatable bonds is 9. The Morgan fingerprint density at radius 2 is 1.95 bits per heavy atom. The van der Waals surface area contributed by atoms with Gasteiger partial charge >= 0.3 is 6.18 Å². The summed E-state index contributed by atoms with van der Waals surface area (Å²) in [6.45, 7) is 3.83. The number of primary amides is 1. The lowest BCUT2D eigenvalue weighted by Gasteiger charge is -2.11. The lowest BCUT2D eigenvalue weighted by molar-refractivity contribution is -0.141. The fourth-order valence-corrected chi connectivity index (χ4v) is 6.05. The van der Waals surface area contributed by atoms with Crippen molar-refractivity contribution in [2.45, 2.75) is 64.7 Å². The monoisotopic (exact) mass is 615 g/mol. The van der Waals surface area contributed by atoms with Crippen molar-refractivity contribution in [1.82, 2.24) is 24.5 Å². The minimum Gasteiger partial charge on any atom is -0.365 e. The number of amides is 2. The molecule has 1 fully saturated rings. The number of anilines is 1. The van der Waals surface area contributed by atoms with Gasteiger partial charge in [0.25, 0.3) is 12.3 Å². The van der Waals surface area contributed by atoms with Crippen LogP contribution in [0.25, 0.3) is 21.3 Å². The number of alkyl halides is 5. The maximum absolute atomic E-state index is 13.8. The molecule has 0 spiro atoms. The predicted molar refractivity (Wildman–Crippen MR) is 142 cm³/mol. The maximum atomic E-state index is 13.8. The van der Waals surface area contributed by atoms with Crippen LogP contribution in [-0.2, 0) is 24.1 Å². The molecule has 9 nitrogen and oxygen atoms in total. The third-order valence-corrected chi connectivity index (χ3v) is 8.14. The van der Waals surface area contributed by atoms with Crippen molar-refractivity contribution in [2.75, 3.05) is 5.32 Å². The topological polar surface area (TPSA) is 121 Å². The van der Waals surface area contributed by atoms with Crippen LogP contribution in [0.3, 0.4) is 0 Å². The van der Waals surface area contributed by atoms with E-state index in [1.54, 1.807) is 17.8 Å². The summed E-state index contributed by atoms with van der Waals surface area (Å²) < 4.78 is 70.5. The number of nitrogens with one attached hydrogen (secondary N) is 1. The summed E-state index contributed by atoms with van der Waals surface area (Å²) in [5.41, 5.74) is 5.31. The number of nitrogens with two attached hydrogens (primary N) is 1. The van der Waals surface area contributed by atoms with Gasteiger partial charge in [-0.15, -0.1) is 11.3 Å². The highest BCUT2D eigenvalue weighted by Gasteiger charge is 2.42. The summed E-state index contributed by atoms with van der Waals surface area (Å²) in [5, 5.41) is 10.4. The largest absolute Gasteiger partial charge is 0.436 e. The van der Waals surface area contributed by atoms with Crippen molar-refractivity contribution >= 4 is 50.7 Å². The quantitative estimate of drug-likeness (QED) is 0.214. The van der Waals surface area contributed by atoms with Gasteiger partial charge in [-0.25, -0.2) is 13.8 Å². The van der Waals surface area contributed by atoms with Gasteiger partial charge in [0.05, 0.1) is 28.6 Å². The van der Waals surface area contributed by atoms with E-state index in [-0.39, 0.29) is 50.9 Å². The van der Waals surface area contributed by atoms with Gasteiger partial charge < -0.3 is 11.1 Å². The van der Waals surface area contributed by atoms with Crippen LogP contribution in [0.2, 0.25) is 5.02 Å². The number of aryl methyl sites for hydroxylation is 3. The van der Waals surface area contributed by atoms with Gasteiger partial charge in [0, 0.05) is 36.0 Å². The molecule has 0 bridgehead atoms. The van der Waals surface area contributed by atoms with E-state index in [0.717, 1.165) is 16.0 Å². The highest BCUT2D eigenvalue weighted by Crippen LogP contribution is 2.47. The van der Waals surface area contributed by atoms with E-state index >= 15 is 0 Å². The van der Waals surface area contributed by atoms with Gasteiger partial charge in [-0.3, -0.25) is 19.0 Å². The molecule has 218 valence electrons. The molecule has 2 amide bonds. The number of halogens is 6. The van der Waals surface area contributed by atoms with Crippen LogP contribution in [-0.4, -0.2) is 36.4 Å². The first-order valence-electron chi connectivity index (χ1n) is 12.5. The minimum absolute atomic E-state index is 0.0219. The van der Waals surface area contributed by atoms with E-state index in [2.05, 4.69) is 20.5 Å². The number of nitrogens with zero attached hydrogens (tertiary/aromatic N) is 5. The molecule has 1 aliphatic rings. The molecule has 1 aliphatic carbocycles. The summed E-state index contributed by atoms with van der Waals surface area (Å²) >= 11 is 6.76. The second-order valence-electron chi connectivity index (χ2n) is 9.57. The molecule has 4 aromatic rings. The van der Waals surface area contributed by atoms with Crippen LogP contribution < -0.4 is 11.1 Å². The van der Waals surface area contributed by atoms with Crippen LogP contribution >= 0.6 is 22.9 Å². The first-order valence-corrected chi connectivity index (χ1v) is 13.7. The van der Waals surface area contributed by atoms with E-state index < -0.39 is 40.8 Å². The number of fused-ring (bicyclic) bond motifs is 1. The first-order chi connectivity index (χ1) is 19.3. The van der Waals surface area contributed by atoms with Crippen LogP contribution in [0.1, 0.15) is 71.0 Å². The average molecular weight is 616 g/mol. The Morgan fingerprint density at radius 3 is 2.51 bits per heavy atom. The lowest BCUT2D eigenvalue weighted by Crippen LogP contribution is -2.19. The molecule has 3 N–H and O–H groups in total. The summed E-state index contributed by atoms with van der Waals surface area (Å²) in [5.74, 6) is -1.76. The van der Waals surface area contributed by atoms with Gasteiger partial charge in [-0.1, -0.05) is 11.6 Å². The third-order valence-electron chi connectivity index (χ3n) is 6.67. The first kappa shape index (κ1) is 28.9. The van der Waals surface area contributed by atoms with Crippen LogP contribution in [0.5, 0.6) is 0 Å². The molecular formula is C25H23ClF5N7O2S.